The Bertz CT molecular complexity index is 1730. The molecule has 51 heavy (non-hydrogen) atoms. The van der Waals surface area contributed by atoms with E-state index in [0.29, 0.717) is 50.3 Å². The number of nitrogens with zero attached hydrogens (tertiary/aromatic N) is 2. The maximum Gasteiger partial charge on any atom is 0.262 e. The average Bonchev–Trinajstić information content (AvgIpc) is 3.24. The van der Waals surface area contributed by atoms with Gasteiger partial charge in [0, 0.05) is 53.3 Å². The number of benzene rings is 2. The number of alkyl halides is 1. The third kappa shape index (κ3) is 6.93. The summed E-state index contributed by atoms with van der Waals surface area (Å²) < 4.78 is 50.2. The Morgan fingerprint density at radius 1 is 1.00 bits per heavy atom. The Hall–Kier alpha value is -2.37. The molecule has 1 saturated carbocycles. The molecule has 2 bridgehead atoms. The van der Waals surface area contributed by atoms with Crippen molar-refractivity contribution in [2.24, 2.45) is 23.7 Å². The van der Waals surface area contributed by atoms with E-state index < -0.39 is 15.9 Å². The van der Waals surface area contributed by atoms with Crippen molar-refractivity contribution < 1.29 is 27.6 Å². The van der Waals surface area contributed by atoms with E-state index in [2.05, 4.69) is 39.4 Å². The number of ether oxygens (including phenoxy) is 3. The standard InChI is InChI=1S/C40H53ClFN3O5S/c1-25-6-4-8-34(39-48-21-32(22-49-39)44-19-31(42)20-44)33-12-9-29(33)18-45-23-40(15-5-7-27-16-30(41)11-13-35(27)40)24-50-37-14-10-28(17-36(37)45)38(46)43-51(3,47)26(25)2/h10-11,13-14,16-17,25-26,29,31-34,39H,3-9,12,15,18-24H2,1-2H3,(H,43,46,47)/t25-,26+,29-,32?,33+,34-,39?,40-,51?/m0/s1. The average molecular weight is 742 g/mol. The summed E-state index contributed by atoms with van der Waals surface area (Å²) in [6.07, 6.45) is 6.98. The summed E-state index contributed by atoms with van der Waals surface area (Å²) >= 11 is 6.49. The monoisotopic (exact) mass is 741 g/mol. The van der Waals surface area contributed by atoms with Gasteiger partial charge in [0.1, 0.15) is 11.9 Å². The molecule has 7 atom stereocenters. The number of likely N-dealkylation sites (tertiary alicyclic amines) is 1. The summed E-state index contributed by atoms with van der Waals surface area (Å²) in [5.41, 5.74) is 3.73. The summed E-state index contributed by atoms with van der Waals surface area (Å²) in [5, 5.41) is 0.455. The largest absolute Gasteiger partial charge is 0.490 e. The van der Waals surface area contributed by atoms with Crippen LogP contribution in [0, 0.1) is 23.7 Å². The topological polar surface area (TPSA) is 80.3 Å². The Balaban J connectivity index is 1.13. The van der Waals surface area contributed by atoms with Crippen LogP contribution in [0.1, 0.15) is 80.3 Å². The zero-order valence-corrected chi connectivity index (χ0v) is 31.6. The van der Waals surface area contributed by atoms with Gasteiger partial charge in [-0.2, -0.15) is 0 Å². The number of carbonyl (C=O) groups is 1. The van der Waals surface area contributed by atoms with Crippen molar-refractivity contribution in [1.82, 2.24) is 9.62 Å². The maximum atomic E-state index is 14.0. The van der Waals surface area contributed by atoms with Crippen LogP contribution in [0.25, 0.3) is 0 Å². The molecule has 4 heterocycles. The van der Waals surface area contributed by atoms with E-state index in [1.165, 1.54) is 11.1 Å². The molecular formula is C40H53ClFN3O5S. The number of hydrogen-bond donors (Lipinski definition) is 1. The van der Waals surface area contributed by atoms with Crippen LogP contribution in [0.4, 0.5) is 10.1 Å². The first kappa shape index (κ1) is 35.6. The molecule has 2 saturated heterocycles. The van der Waals surface area contributed by atoms with Crippen LogP contribution >= 0.6 is 11.6 Å². The van der Waals surface area contributed by atoms with Crippen LogP contribution in [0.3, 0.4) is 0 Å². The lowest BCUT2D eigenvalue weighted by Gasteiger charge is -2.50. The lowest BCUT2D eigenvalue weighted by atomic mass is 9.64. The van der Waals surface area contributed by atoms with Crippen LogP contribution in [-0.2, 0) is 31.0 Å². The fourth-order valence-corrected chi connectivity index (χ4v) is 11.5. The van der Waals surface area contributed by atoms with E-state index in [9.17, 15) is 13.4 Å². The van der Waals surface area contributed by atoms with Gasteiger partial charge in [-0.1, -0.05) is 31.0 Å². The maximum absolute atomic E-state index is 14.0. The second-order valence-electron chi connectivity index (χ2n) is 16.5. The number of rotatable bonds is 2. The van der Waals surface area contributed by atoms with E-state index in [-0.39, 0.29) is 40.7 Å². The SMILES string of the molecule is C=S1(=O)NC(=O)c2ccc3c(c2)N(C[C@@H]2CC[C@H]2[C@@H](C2OCC(N4CC(F)C4)CO2)CCC[C@H](C)[C@H]1C)C[C@@]1(CCCc2cc(Cl)ccc21)CO3. The number of hydrogen-bond acceptors (Lipinski definition) is 7. The molecule has 3 fully saturated rings. The smallest absolute Gasteiger partial charge is 0.262 e. The van der Waals surface area contributed by atoms with Crippen LogP contribution in [0.5, 0.6) is 5.75 Å². The minimum Gasteiger partial charge on any atom is -0.490 e. The zero-order chi connectivity index (χ0) is 35.5. The van der Waals surface area contributed by atoms with Crippen molar-refractivity contribution in [3.05, 3.63) is 58.1 Å². The molecule has 8 rings (SSSR count). The summed E-state index contributed by atoms with van der Waals surface area (Å²) in [6, 6.07) is 12.0. The quantitative estimate of drug-likeness (QED) is 0.356. The zero-order valence-electron chi connectivity index (χ0n) is 30.0. The Morgan fingerprint density at radius 2 is 1.80 bits per heavy atom. The highest BCUT2D eigenvalue weighted by atomic mass is 35.5. The van der Waals surface area contributed by atoms with Crippen molar-refractivity contribution in [3.8, 4) is 5.75 Å². The van der Waals surface area contributed by atoms with Crippen molar-refractivity contribution in [3.63, 3.8) is 0 Å². The first-order valence-corrected chi connectivity index (χ1v) is 21.3. The van der Waals surface area contributed by atoms with Crippen molar-refractivity contribution >= 4 is 38.8 Å². The fraction of sp³-hybridized carbons (Fsp3) is 0.650. The van der Waals surface area contributed by atoms with Crippen LogP contribution < -0.4 is 14.4 Å². The normalized spacial score (nSPS) is 37.9. The van der Waals surface area contributed by atoms with Crippen LogP contribution in [0.15, 0.2) is 36.4 Å². The second kappa shape index (κ2) is 14.1. The van der Waals surface area contributed by atoms with Gasteiger partial charge < -0.3 is 19.1 Å². The number of fused-ring (bicyclic) bond motifs is 4. The van der Waals surface area contributed by atoms with E-state index in [4.69, 9.17) is 25.8 Å². The summed E-state index contributed by atoms with van der Waals surface area (Å²) in [7, 11) is -2.93. The van der Waals surface area contributed by atoms with Gasteiger partial charge >= 0.3 is 0 Å². The Kier molecular flexibility index (Phi) is 9.87. The number of aryl methyl sites for hydroxylation is 1. The highest BCUT2D eigenvalue weighted by Crippen LogP contribution is 2.49. The first-order valence-electron chi connectivity index (χ1n) is 19.1. The van der Waals surface area contributed by atoms with Crippen molar-refractivity contribution in [2.75, 3.05) is 50.9 Å². The van der Waals surface area contributed by atoms with Crippen LogP contribution in [-0.4, -0.2) is 90.6 Å². The molecule has 2 aromatic rings. The summed E-state index contributed by atoms with van der Waals surface area (Å²) in [4.78, 5) is 18.3. The van der Waals surface area contributed by atoms with Gasteiger partial charge in [-0.3, -0.25) is 14.4 Å². The van der Waals surface area contributed by atoms with Gasteiger partial charge in [0.25, 0.3) is 5.91 Å². The molecule has 0 aromatic heterocycles. The van der Waals surface area contributed by atoms with E-state index in [1.54, 1.807) is 6.07 Å². The predicted molar refractivity (Wildman–Crippen MR) is 201 cm³/mol. The van der Waals surface area contributed by atoms with Crippen LogP contribution in [0.2, 0.25) is 5.02 Å². The second-order valence-corrected chi connectivity index (χ2v) is 19.3. The highest BCUT2D eigenvalue weighted by Gasteiger charge is 2.47. The molecule has 4 aliphatic heterocycles. The lowest BCUT2D eigenvalue weighted by Crippen LogP contribution is -2.59. The number of nitrogens with one attached hydrogen (secondary N) is 1. The van der Waals surface area contributed by atoms with Crippen molar-refractivity contribution in [1.29, 1.82) is 0 Å². The minimum absolute atomic E-state index is 0.0964. The highest BCUT2D eigenvalue weighted by molar-refractivity contribution is 7.99. The van der Waals surface area contributed by atoms with Gasteiger partial charge in [0.05, 0.1) is 41.3 Å². The van der Waals surface area contributed by atoms with E-state index >= 15 is 0 Å². The number of halogens is 2. The molecule has 278 valence electrons. The van der Waals surface area contributed by atoms with Gasteiger partial charge in [-0.15, -0.1) is 0 Å². The van der Waals surface area contributed by atoms with Gasteiger partial charge in [0.2, 0.25) is 0 Å². The summed E-state index contributed by atoms with van der Waals surface area (Å²) in [6.45, 7) is 8.23. The predicted octanol–water partition coefficient (Wildman–Crippen LogP) is 6.42. The third-order valence-corrected chi connectivity index (χ3v) is 15.7. The Labute approximate surface area is 307 Å². The van der Waals surface area contributed by atoms with E-state index in [1.807, 2.05) is 25.1 Å². The van der Waals surface area contributed by atoms with E-state index in [0.717, 1.165) is 80.9 Å². The molecule has 1 spiro atoms. The van der Waals surface area contributed by atoms with Crippen molar-refractivity contribution in [2.45, 2.75) is 94.4 Å². The molecule has 2 aliphatic carbocycles. The van der Waals surface area contributed by atoms with Gasteiger partial charge in [-0.25, -0.2) is 8.60 Å². The lowest BCUT2D eigenvalue weighted by molar-refractivity contribution is -0.249. The van der Waals surface area contributed by atoms with Gasteiger partial charge in [-0.05, 0) is 117 Å². The number of amides is 1. The molecule has 2 aromatic carbocycles. The van der Waals surface area contributed by atoms with Gasteiger partial charge in [0.15, 0.2) is 6.29 Å². The molecule has 1 amide bonds. The molecular weight excluding hydrogens is 689 g/mol. The number of anilines is 1. The molecule has 6 aliphatic rings. The third-order valence-electron chi connectivity index (χ3n) is 13.3. The number of carbonyl (C=O) groups excluding carboxylic acids is 1. The fourth-order valence-electron chi connectivity index (χ4n) is 9.79. The molecule has 11 heteroatoms. The molecule has 1 N–H and O–H groups in total. The Morgan fingerprint density at radius 3 is 2.55 bits per heavy atom. The summed E-state index contributed by atoms with van der Waals surface area (Å²) in [5.74, 6) is 5.60. The molecule has 0 radical (unpaired) electrons. The minimum atomic E-state index is -2.93. The first-order chi connectivity index (χ1) is 24.5. The molecule has 1 unspecified atom stereocenters. The molecule has 8 nitrogen and oxygen atoms in total.